The standard InChI is InChI=1S/C13H13N3O4/c1-16-10(6-7-14-16)13(19)15-9-4-2-3-5-11(9)20-8-12(17)18/h2-7H,8H2,1H3,(H,15,19)(H,17,18). The molecule has 0 unspecified atom stereocenters. The second-order valence-electron chi connectivity index (χ2n) is 3.97. The monoisotopic (exact) mass is 275 g/mol. The summed E-state index contributed by atoms with van der Waals surface area (Å²) in [5.74, 6) is -1.14. The Kier molecular flexibility index (Phi) is 3.99. The van der Waals surface area contributed by atoms with Crippen LogP contribution >= 0.6 is 0 Å². The van der Waals surface area contributed by atoms with E-state index in [1.54, 1.807) is 37.4 Å². The first kappa shape index (κ1) is 13.6. The summed E-state index contributed by atoms with van der Waals surface area (Å²) in [7, 11) is 1.65. The fraction of sp³-hybridized carbons (Fsp3) is 0.154. The van der Waals surface area contributed by atoms with Gasteiger partial charge in [-0.1, -0.05) is 12.1 Å². The molecule has 2 rings (SSSR count). The van der Waals surface area contributed by atoms with Gasteiger partial charge in [0, 0.05) is 13.2 Å². The Morgan fingerprint density at radius 1 is 1.35 bits per heavy atom. The van der Waals surface area contributed by atoms with Crippen LogP contribution in [0.4, 0.5) is 5.69 Å². The lowest BCUT2D eigenvalue weighted by Crippen LogP contribution is -2.17. The van der Waals surface area contributed by atoms with Gasteiger partial charge in [0.2, 0.25) is 0 Å². The lowest BCUT2D eigenvalue weighted by Gasteiger charge is -2.11. The highest BCUT2D eigenvalue weighted by Gasteiger charge is 2.13. The van der Waals surface area contributed by atoms with Crippen LogP contribution in [-0.4, -0.2) is 33.4 Å². The number of aryl methyl sites for hydroxylation is 1. The van der Waals surface area contributed by atoms with Crippen molar-refractivity contribution in [1.29, 1.82) is 0 Å². The fourth-order valence-electron chi connectivity index (χ4n) is 1.62. The van der Waals surface area contributed by atoms with Crippen LogP contribution in [0.2, 0.25) is 0 Å². The van der Waals surface area contributed by atoms with E-state index in [1.165, 1.54) is 10.9 Å². The number of hydrogen-bond acceptors (Lipinski definition) is 4. The number of nitrogens with zero attached hydrogens (tertiary/aromatic N) is 2. The Morgan fingerprint density at radius 3 is 2.75 bits per heavy atom. The number of para-hydroxylation sites is 2. The molecular formula is C13H13N3O4. The van der Waals surface area contributed by atoms with Crippen LogP contribution in [0.25, 0.3) is 0 Å². The van der Waals surface area contributed by atoms with Gasteiger partial charge in [0.1, 0.15) is 11.4 Å². The first-order valence-corrected chi connectivity index (χ1v) is 5.81. The molecule has 7 nitrogen and oxygen atoms in total. The summed E-state index contributed by atoms with van der Waals surface area (Å²) in [6.45, 7) is -0.474. The quantitative estimate of drug-likeness (QED) is 0.853. The largest absolute Gasteiger partial charge is 0.480 e. The minimum Gasteiger partial charge on any atom is -0.480 e. The summed E-state index contributed by atoms with van der Waals surface area (Å²) in [6, 6.07) is 8.20. The Hall–Kier alpha value is -2.83. The van der Waals surface area contributed by atoms with Crippen molar-refractivity contribution in [2.75, 3.05) is 11.9 Å². The van der Waals surface area contributed by atoms with E-state index in [0.717, 1.165) is 0 Å². The highest BCUT2D eigenvalue weighted by atomic mass is 16.5. The molecule has 1 heterocycles. The molecule has 1 amide bonds. The van der Waals surface area contributed by atoms with Gasteiger partial charge < -0.3 is 15.2 Å². The maximum atomic E-state index is 12.0. The molecular weight excluding hydrogens is 262 g/mol. The van der Waals surface area contributed by atoms with Crippen molar-refractivity contribution < 1.29 is 19.4 Å². The number of carbonyl (C=O) groups excluding carboxylic acids is 1. The molecule has 0 aliphatic carbocycles. The molecule has 0 saturated heterocycles. The molecule has 0 atom stereocenters. The van der Waals surface area contributed by atoms with E-state index in [4.69, 9.17) is 9.84 Å². The van der Waals surface area contributed by atoms with Crippen molar-refractivity contribution in [2.45, 2.75) is 0 Å². The second kappa shape index (κ2) is 5.87. The second-order valence-corrected chi connectivity index (χ2v) is 3.97. The number of benzene rings is 1. The van der Waals surface area contributed by atoms with E-state index in [9.17, 15) is 9.59 Å². The van der Waals surface area contributed by atoms with Crippen LogP contribution in [0.1, 0.15) is 10.5 Å². The molecule has 2 N–H and O–H groups in total. The molecule has 0 saturated carbocycles. The van der Waals surface area contributed by atoms with E-state index >= 15 is 0 Å². The topological polar surface area (TPSA) is 93.5 Å². The zero-order chi connectivity index (χ0) is 14.5. The summed E-state index contributed by atoms with van der Waals surface area (Å²) < 4.78 is 6.55. The van der Waals surface area contributed by atoms with Gasteiger partial charge >= 0.3 is 5.97 Å². The zero-order valence-corrected chi connectivity index (χ0v) is 10.7. The van der Waals surface area contributed by atoms with Gasteiger partial charge in [-0.2, -0.15) is 5.10 Å². The molecule has 0 spiro atoms. The predicted octanol–water partition coefficient (Wildman–Crippen LogP) is 1.14. The van der Waals surface area contributed by atoms with Gasteiger partial charge in [0.05, 0.1) is 5.69 Å². The highest BCUT2D eigenvalue weighted by Crippen LogP contribution is 2.24. The third-order valence-electron chi connectivity index (χ3n) is 2.54. The third kappa shape index (κ3) is 3.14. The number of nitrogens with one attached hydrogen (secondary N) is 1. The number of rotatable bonds is 5. The van der Waals surface area contributed by atoms with Gasteiger partial charge in [-0.05, 0) is 18.2 Å². The van der Waals surface area contributed by atoms with Crippen molar-refractivity contribution >= 4 is 17.6 Å². The smallest absolute Gasteiger partial charge is 0.341 e. The lowest BCUT2D eigenvalue weighted by molar-refractivity contribution is -0.139. The number of carboxylic acid groups (broad SMARTS) is 1. The SMILES string of the molecule is Cn1nccc1C(=O)Nc1ccccc1OCC(=O)O. The summed E-state index contributed by atoms with van der Waals surface area (Å²) in [4.78, 5) is 22.6. The van der Waals surface area contributed by atoms with Crippen molar-refractivity contribution in [3.05, 3.63) is 42.2 Å². The van der Waals surface area contributed by atoms with Crippen molar-refractivity contribution in [2.24, 2.45) is 7.05 Å². The van der Waals surface area contributed by atoms with E-state index in [1.807, 2.05) is 0 Å². The van der Waals surface area contributed by atoms with Crippen molar-refractivity contribution in [3.63, 3.8) is 0 Å². The highest BCUT2D eigenvalue weighted by molar-refractivity contribution is 6.03. The predicted molar refractivity (Wildman–Crippen MR) is 70.7 cm³/mol. The Bertz CT molecular complexity index is 636. The average Bonchev–Trinajstić information content (AvgIpc) is 2.84. The number of aromatic nitrogens is 2. The molecule has 0 bridgehead atoms. The molecule has 0 fully saturated rings. The van der Waals surface area contributed by atoms with Crippen LogP contribution in [0.3, 0.4) is 0 Å². The molecule has 104 valence electrons. The van der Waals surface area contributed by atoms with E-state index in [0.29, 0.717) is 17.1 Å². The Balaban J connectivity index is 2.15. The summed E-state index contributed by atoms with van der Waals surface area (Å²) in [6.07, 6.45) is 1.52. The van der Waals surface area contributed by atoms with Crippen LogP contribution in [0.5, 0.6) is 5.75 Å². The van der Waals surface area contributed by atoms with Gasteiger partial charge in [0.25, 0.3) is 5.91 Å². The van der Waals surface area contributed by atoms with E-state index in [-0.39, 0.29) is 5.91 Å². The van der Waals surface area contributed by atoms with Crippen LogP contribution in [0.15, 0.2) is 36.5 Å². The molecule has 0 radical (unpaired) electrons. The minimum absolute atomic E-state index is 0.297. The van der Waals surface area contributed by atoms with E-state index in [2.05, 4.69) is 10.4 Å². The number of hydrogen-bond donors (Lipinski definition) is 2. The Labute approximate surface area is 114 Å². The number of aliphatic carboxylic acids is 1. The maximum Gasteiger partial charge on any atom is 0.341 e. The number of amides is 1. The Morgan fingerprint density at radius 2 is 2.10 bits per heavy atom. The fourth-order valence-corrected chi connectivity index (χ4v) is 1.62. The van der Waals surface area contributed by atoms with Gasteiger partial charge in [0.15, 0.2) is 6.61 Å². The summed E-state index contributed by atoms with van der Waals surface area (Å²) in [5.41, 5.74) is 0.790. The van der Waals surface area contributed by atoms with Gasteiger partial charge in [-0.15, -0.1) is 0 Å². The molecule has 0 aliphatic rings. The molecule has 20 heavy (non-hydrogen) atoms. The van der Waals surface area contributed by atoms with Gasteiger partial charge in [-0.25, -0.2) is 4.79 Å². The first-order chi connectivity index (χ1) is 9.58. The number of ether oxygens (including phenoxy) is 1. The minimum atomic E-state index is -1.09. The van der Waals surface area contributed by atoms with Crippen molar-refractivity contribution in [3.8, 4) is 5.75 Å². The number of anilines is 1. The zero-order valence-electron chi connectivity index (χ0n) is 10.7. The van der Waals surface area contributed by atoms with Crippen LogP contribution < -0.4 is 10.1 Å². The third-order valence-corrected chi connectivity index (χ3v) is 2.54. The summed E-state index contributed by atoms with van der Waals surface area (Å²) in [5, 5.41) is 15.2. The van der Waals surface area contributed by atoms with Crippen molar-refractivity contribution in [1.82, 2.24) is 9.78 Å². The van der Waals surface area contributed by atoms with Crippen LogP contribution in [-0.2, 0) is 11.8 Å². The summed E-state index contributed by atoms with van der Waals surface area (Å²) >= 11 is 0. The molecule has 1 aromatic heterocycles. The normalized spacial score (nSPS) is 10.1. The number of carbonyl (C=O) groups is 2. The molecule has 0 aliphatic heterocycles. The van der Waals surface area contributed by atoms with E-state index < -0.39 is 12.6 Å². The van der Waals surface area contributed by atoms with Gasteiger partial charge in [-0.3, -0.25) is 9.48 Å². The lowest BCUT2D eigenvalue weighted by atomic mass is 10.2. The molecule has 2 aromatic rings. The number of carboxylic acids is 1. The maximum absolute atomic E-state index is 12.0. The van der Waals surface area contributed by atoms with Crippen LogP contribution in [0, 0.1) is 0 Å². The average molecular weight is 275 g/mol. The first-order valence-electron chi connectivity index (χ1n) is 5.81. The molecule has 1 aromatic carbocycles. The molecule has 7 heteroatoms.